The van der Waals surface area contributed by atoms with Gasteiger partial charge >= 0.3 is 0 Å². The highest BCUT2D eigenvalue weighted by Crippen LogP contribution is 2.15. The van der Waals surface area contributed by atoms with Crippen molar-refractivity contribution in [3.05, 3.63) is 47.7 Å². The van der Waals surface area contributed by atoms with Crippen molar-refractivity contribution in [3.63, 3.8) is 0 Å². The summed E-state index contributed by atoms with van der Waals surface area (Å²) in [5, 5.41) is 14.0. The molecule has 120 valence electrons. The van der Waals surface area contributed by atoms with Crippen LogP contribution in [0.5, 0.6) is 0 Å². The Kier molecular flexibility index (Phi) is 4.83. The number of aromatic nitrogens is 2. The van der Waals surface area contributed by atoms with Crippen LogP contribution in [0, 0.1) is 6.92 Å². The molecule has 1 saturated heterocycles. The molecular formula is C17H20N4O2. The van der Waals surface area contributed by atoms with Crippen molar-refractivity contribution < 1.29 is 9.53 Å². The summed E-state index contributed by atoms with van der Waals surface area (Å²) < 4.78 is 5.47. The fourth-order valence-electron chi connectivity index (χ4n) is 2.49. The standard InChI is InChI=1S/C17H20N4O2/c1-12-4-2-5-13(10-12)19-16-8-7-15(20-21-16)17(22)18-11-14-6-3-9-23-14/h2,4-5,7-8,10,14H,3,6,9,11H2,1H3,(H,18,22)(H,19,21). The minimum atomic E-state index is -0.227. The number of amides is 1. The van der Waals surface area contributed by atoms with Crippen LogP contribution in [0.4, 0.5) is 11.5 Å². The normalized spacial score (nSPS) is 17.0. The van der Waals surface area contributed by atoms with Crippen molar-refractivity contribution in [3.8, 4) is 0 Å². The molecule has 1 aromatic carbocycles. The third-order valence-corrected chi connectivity index (χ3v) is 3.70. The fraction of sp³-hybridized carbons (Fsp3) is 0.353. The van der Waals surface area contributed by atoms with E-state index in [1.807, 2.05) is 31.2 Å². The first-order chi connectivity index (χ1) is 11.2. The van der Waals surface area contributed by atoms with E-state index in [-0.39, 0.29) is 12.0 Å². The van der Waals surface area contributed by atoms with Gasteiger partial charge in [0.25, 0.3) is 5.91 Å². The van der Waals surface area contributed by atoms with Gasteiger partial charge in [0.05, 0.1) is 6.10 Å². The van der Waals surface area contributed by atoms with E-state index in [1.54, 1.807) is 12.1 Å². The smallest absolute Gasteiger partial charge is 0.271 e. The maximum absolute atomic E-state index is 12.0. The summed E-state index contributed by atoms with van der Waals surface area (Å²) in [6.45, 7) is 3.32. The molecule has 0 bridgehead atoms. The second-order valence-corrected chi connectivity index (χ2v) is 5.64. The maximum atomic E-state index is 12.0. The Morgan fingerprint density at radius 1 is 1.30 bits per heavy atom. The molecule has 1 atom stereocenters. The van der Waals surface area contributed by atoms with Gasteiger partial charge in [0.1, 0.15) is 0 Å². The lowest BCUT2D eigenvalue weighted by molar-refractivity contribution is 0.0853. The third kappa shape index (κ3) is 4.26. The minimum Gasteiger partial charge on any atom is -0.376 e. The molecule has 0 saturated carbocycles. The van der Waals surface area contributed by atoms with Gasteiger partial charge in [-0.05, 0) is 49.6 Å². The van der Waals surface area contributed by atoms with E-state index in [9.17, 15) is 4.79 Å². The summed E-state index contributed by atoms with van der Waals surface area (Å²) in [5.74, 6) is 0.376. The topological polar surface area (TPSA) is 76.1 Å². The molecule has 6 nitrogen and oxygen atoms in total. The molecule has 0 aliphatic carbocycles. The summed E-state index contributed by atoms with van der Waals surface area (Å²) >= 11 is 0. The maximum Gasteiger partial charge on any atom is 0.271 e. The van der Waals surface area contributed by atoms with E-state index < -0.39 is 0 Å². The molecule has 23 heavy (non-hydrogen) atoms. The fourth-order valence-corrected chi connectivity index (χ4v) is 2.49. The van der Waals surface area contributed by atoms with Crippen LogP contribution in [-0.2, 0) is 4.74 Å². The monoisotopic (exact) mass is 312 g/mol. The van der Waals surface area contributed by atoms with Crippen molar-refractivity contribution in [2.45, 2.75) is 25.9 Å². The van der Waals surface area contributed by atoms with Crippen molar-refractivity contribution in [2.24, 2.45) is 0 Å². The number of anilines is 2. The lowest BCUT2D eigenvalue weighted by atomic mass is 10.2. The Hall–Kier alpha value is -2.47. The van der Waals surface area contributed by atoms with E-state index in [2.05, 4.69) is 20.8 Å². The highest BCUT2D eigenvalue weighted by Gasteiger charge is 2.17. The second-order valence-electron chi connectivity index (χ2n) is 5.64. The molecule has 2 heterocycles. The van der Waals surface area contributed by atoms with Crippen molar-refractivity contribution >= 4 is 17.4 Å². The number of ether oxygens (including phenoxy) is 1. The highest BCUT2D eigenvalue weighted by molar-refractivity contribution is 5.92. The number of rotatable bonds is 5. The van der Waals surface area contributed by atoms with E-state index >= 15 is 0 Å². The van der Waals surface area contributed by atoms with Gasteiger partial charge in [0.15, 0.2) is 11.5 Å². The summed E-state index contributed by atoms with van der Waals surface area (Å²) in [6.07, 6.45) is 2.17. The van der Waals surface area contributed by atoms with Crippen LogP contribution in [0.15, 0.2) is 36.4 Å². The first-order valence-corrected chi connectivity index (χ1v) is 7.78. The molecule has 1 aliphatic heterocycles. The van der Waals surface area contributed by atoms with Crippen molar-refractivity contribution in [2.75, 3.05) is 18.5 Å². The van der Waals surface area contributed by atoms with E-state index in [0.29, 0.717) is 18.1 Å². The molecule has 6 heteroatoms. The second kappa shape index (κ2) is 7.19. The molecule has 0 radical (unpaired) electrons. The van der Waals surface area contributed by atoms with Crippen LogP contribution in [0.25, 0.3) is 0 Å². The minimum absolute atomic E-state index is 0.120. The lowest BCUT2D eigenvalue weighted by Gasteiger charge is -2.10. The molecule has 1 fully saturated rings. The first-order valence-electron chi connectivity index (χ1n) is 7.78. The molecular weight excluding hydrogens is 292 g/mol. The van der Waals surface area contributed by atoms with Gasteiger partial charge in [-0.2, -0.15) is 0 Å². The average Bonchev–Trinajstić information content (AvgIpc) is 3.07. The number of carbonyl (C=O) groups excluding carboxylic acids is 1. The van der Waals surface area contributed by atoms with Gasteiger partial charge in [-0.3, -0.25) is 4.79 Å². The number of hydrogen-bond donors (Lipinski definition) is 2. The highest BCUT2D eigenvalue weighted by atomic mass is 16.5. The predicted octanol–water partition coefficient (Wildman–Crippen LogP) is 2.44. The molecule has 3 rings (SSSR count). The zero-order valence-corrected chi connectivity index (χ0v) is 13.1. The lowest BCUT2D eigenvalue weighted by Crippen LogP contribution is -2.32. The number of nitrogens with zero attached hydrogens (tertiary/aromatic N) is 2. The zero-order chi connectivity index (χ0) is 16.1. The Morgan fingerprint density at radius 2 is 2.22 bits per heavy atom. The summed E-state index contributed by atoms with van der Waals surface area (Å²) in [5.41, 5.74) is 2.40. The molecule has 2 N–H and O–H groups in total. The first kappa shape index (κ1) is 15.4. The largest absolute Gasteiger partial charge is 0.376 e. The SMILES string of the molecule is Cc1cccc(Nc2ccc(C(=O)NCC3CCCO3)nn2)c1. The number of nitrogens with one attached hydrogen (secondary N) is 2. The molecule has 2 aromatic rings. The molecule has 0 spiro atoms. The predicted molar refractivity (Wildman–Crippen MR) is 87.8 cm³/mol. The number of carbonyl (C=O) groups is 1. The van der Waals surface area contributed by atoms with Crippen LogP contribution in [0.2, 0.25) is 0 Å². The molecule has 1 amide bonds. The Morgan fingerprint density at radius 3 is 2.91 bits per heavy atom. The quantitative estimate of drug-likeness (QED) is 0.887. The Labute approximate surface area is 135 Å². The van der Waals surface area contributed by atoms with Crippen LogP contribution in [0.1, 0.15) is 28.9 Å². The molecule has 1 aliphatic rings. The summed E-state index contributed by atoms with van der Waals surface area (Å²) in [7, 11) is 0. The Balaban J connectivity index is 1.56. The number of aryl methyl sites for hydroxylation is 1. The van der Waals surface area contributed by atoms with Gasteiger partial charge in [0, 0.05) is 18.8 Å². The van der Waals surface area contributed by atoms with Gasteiger partial charge in [-0.15, -0.1) is 10.2 Å². The number of benzene rings is 1. The van der Waals surface area contributed by atoms with E-state index in [0.717, 1.165) is 30.7 Å². The zero-order valence-electron chi connectivity index (χ0n) is 13.1. The summed E-state index contributed by atoms with van der Waals surface area (Å²) in [6, 6.07) is 11.4. The van der Waals surface area contributed by atoms with E-state index in [4.69, 9.17) is 4.74 Å². The summed E-state index contributed by atoms with van der Waals surface area (Å²) in [4.78, 5) is 12.0. The van der Waals surface area contributed by atoms with Gasteiger partial charge in [-0.1, -0.05) is 12.1 Å². The molecule has 1 aromatic heterocycles. The van der Waals surface area contributed by atoms with E-state index in [1.165, 1.54) is 0 Å². The number of hydrogen-bond acceptors (Lipinski definition) is 5. The van der Waals surface area contributed by atoms with Crippen LogP contribution >= 0.6 is 0 Å². The van der Waals surface area contributed by atoms with Gasteiger partial charge in [-0.25, -0.2) is 0 Å². The van der Waals surface area contributed by atoms with Gasteiger partial charge in [0.2, 0.25) is 0 Å². The van der Waals surface area contributed by atoms with Crippen LogP contribution in [0.3, 0.4) is 0 Å². The average molecular weight is 312 g/mol. The van der Waals surface area contributed by atoms with Crippen molar-refractivity contribution in [1.29, 1.82) is 0 Å². The van der Waals surface area contributed by atoms with Crippen LogP contribution in [-0.4, -0.2) is 35.4 Å². The van der Waals surface area contributed by atoms with Crippen molar-refractivity contribution in [1.82, 2.24) is 15.5 Å². The van der Waals surface area contributed by atoms with Gasteiger partial charge < -0.3 is 15.4 Å². The molecule has 1 unspecified atom stereocenters. The third-order valence-electron chi connectivity index (χ3n) is 3.70. The van der Waals surface area contributed by atoms with Crippen LogP contribution < -0.4 is 10.6 Å². The Bertz CT molecular complexity index is 667.